The zero-order valence-electron chi connectivity index (χ0n) is 8.20. The van der Waals surface area contributed by atoms with Crippen LogP contribution in [-0.2, 0) is 0 Å². The molecular formula is C10H14BrN3. The van der Waals surface area contributed by atoms with E-state index in [4.69, 9.17) is 5.73 Å². The van der Waals surface area contributed by atoms with Gasteiger partial charge in [0.1, 0.15) is 5.82 Å². The van der Waals surface area contributed by atoms with Crippen molar-refractivity contribution in [3.63, 3.8) is 0 Å². The summed E-state index contributed by atoms with van der Waals surface area (Å²) in [5.41, 5.74) is 7.07. The number of halogens is 1. The summed E-state index contributed by atoms with van der Waals surface area (Å²) in [5.74, 6) is 1.04. The molecule has 2 N–H and O–H groups in total. The molecule has 1 fully saturated rings. The van der Waals surface area contributed by atoms with Crippen LogP contribution in [-0.4, -0.2) is 24.1 Å². The van der Waals surface area contributed by atoms with Crippen LogP contribution in [0, 0.1) is 6.92 Å². The number of nitrogens with zero attached hydrogens (tertiary/aromatic N) is 2. The van der Waals surface area contributed by atoms with Gasteiger partial charge in [-0.15, -0.1) is 0 Å². The van der Waals surface area contributed by atoms with E-state index in [1.54, 1.807) is 0 Å². The molecule has 1 aliphatic heterocycles. The monoisotopic (exact) mass is 255 g/mol. The van der Waals surface area contributed by atoms with Crippen LogP contribution in [0.1, 0.15) is 12.0 Å². The summed E-state index contributed by atoms with van der Waals surface area (Å²) < 4.78 is 1.06. The highest BCUT2D eigenvalue weighted by atomic mass is 79.9. The highest BCUT2D eigenvalue weighted by molar-refractivity contribution is 9.10. The summed E-state index contributed by atoms with van der Waals surface area (Å²) in [6.07, 6.45) is 2.92. The van der Waals surface area contributed by atoms with Crippen molar-refractivity contribution >= 4 is 21.7 Å². The Morgan fingerprint density at radius 1 is 1.64 bits per heavy atom. The molecule has 0 aromatic carbocycles. The number of aryl methyl sites for hydroxylation is 1. The minimum atomic E-state index is 0.306. The minimum Gasteiger partial charge on any atom is -0.355 e. The number of aromatic nitrogens is 1. The SMILES string of the molecule is Cc1cc(N2CC[C@H](N)C2)ncc1Br. The highest BCUT2D eigenvalue weighted by Gasteiger charge is 2.20. The lowest BCUT2D eigenvalue weighted by Gasteiger charge is -2.17. The summed E-state index contributed by atoms with van der Waals surface area (Å²) in [6, 6.07) is 2.41. The van der Waals surface area contributed by atoms with Crippen molar-refractivity contribution in [2.45, 2.75) is 19.4 Å². The lowest BCUT2D eigenvalue weighted by molar-refractivity contribution is 0.751. The Kier molecular flexibility index (Phi) is 2.74. The number of anilines is 1. The van der Waals surface area contributed by atoms with Gasteiger partial charge in [-0.25, -0.2) is 4.98 Å². The molecule has 0 unspecified atom stereocenters. The number of hydrogen-bond donors (Lipinski definition) is 1. The van der Waals surface area contributed by atoms with Gasteiger partial charge in [0.2, 0.25) is 0 Å². The molecule has 1 aromatic rings. The first-order chi connectivity index (χ1) is 6.66. The maximum absolute atomic E-state index is 5.85. The first kappa shape index (κ1) is 9.93. The van der Waals surface area contributed by atoms with Gasteiger partial charge in [-0.3, -0.25) is 0 Å². The molecule has 1 aromatic heterocycles. The first-order valence-corrected chi connectivity index (χ1v) is 5.59. The van der Waals surface area contributed by atoms with Gasteiger partial charge in [0.25, 0.3) is 0 Å². The topological polar surface area (TPSA) is 42.1 Å². The lowest BCUT2D eigenvalue weighted by atomic mass is 10.3. The molecule has 0 amide bonds. The van der Waals surface area contributed by atoms with Crippen LogP contribution in [0.4, 0.5) is 5.82 Å². The molecule has 0 aliphatic carbocycles. The van der Waals surface area contributed by atoms with Gasteiger partial charge in [-0.1, -0.05) is 0 Å². The van der Waals surface area contributed by atoms with Crippen LogP contribution in [0.15, 0.2) is 16.7 Å². The molecule has 0 saturated carbocycles. The first-order valence-electron chi connectivity index (χ1n) is 4.79. The van der Waals surface area contributed by atoms with Crippen LogP contribution in [0.3, 0.4) is 0 Å². The quantitative estimate of drug-likeness (QED) is 0.831. The van der Waals surface area contributed by atoms with Crippen LogP contribution >= 0.6 is 15.9 Å². The van der Waals surface area contributed by atoms with Gasteiger partial charge in [0, 0.05) is 29.8 Å². The van der Waals surface area contributed by atoms with E-state index in [2.05, 4.69) is 38.8 Å². The summed E-state index contributed by atoms with van der Waals surface area (Å²) in [5, 5.41) is 0. The van der Waals surface area contributed by atoms with E-state index in [0.29, 0.717) is 6.04 Å². The Balaban J connectivity index is 2.20. The molecule has 76 valence electrons. The van der Waals surface area contributed by atoms with Crippen molar-refractivity contribution in [3.05, 3.63) is 22.3 Å². The Morgan fingerprint density at radius 3 is 3.00 bits per heavy atom. The Labute approximate surface area is 92.4 Å². The van der Waals surface area contributed by atoms with Gasteiger partial charge in [0.15, 0.2) is 0 Å². The summed E-state index contributed by atoms with van der Waals surface area (Å²) >= 11 is 3.44. The highest BCUT2D eigenvalue weighted by Crippen LogP contribution is 2.22. The van der Waals surface area contributed by atoms with Gasteiger partial charge < -0.3 is 10.6 Å². The maximum Gasteiger partial charge on any atom is 0.128 e. The van der Waals surface area contributed by atoms with Crippen molar-refractivity contribution in [1.29, 1.82) is 0 Å². The third kappa shape index (κ3) is 1.91. The summed E-state index contributed by atoms with van der Waals surface area (Å²) in [4.78, 5) is 6.62. The van der Waals surface area contributed by atoms with E-state index in [0.717, 1.165) is 29.8 Å². The van der Waals surface area contributed by atoms with Crippen LogP contribution < -0.4 is 10.6 Å². The van der Waals surface area contributed by atoms with E-state index < -0.39 is 0 Å². The molecule has 3 nitrogen and oxygen atoms in total. The normalized spacial score (nSPS) is 21.6. The number of rotatable bonds is 1. The molecule has 0 radical (unpaired) electrons. The fourth-order valence-electron chi connectivity index (χ4n) is 1.69. The Hall–Kier alpha value is -0.610. The van der Waals surface area contributed by atoms with Crippen molar-refractivity contribution in [2.75, 3.05) is 18.0 Å². The van der Waals surface area contributed by atoms with Crippen LogP contribution in [0.5, 0.6) is 0 Å². The second-order valence-corrected chi connectivity index (χ2v) is 4.64. The smallest absolute Gasteiger partial charge is 0.128 e. The van der Waals surface area contributed by atoms with Crippen molar-refractivity contribution in [3.8, 4) is 0 Å². The molecule has 0 bridgehead atoms. The molecule has 1 atom stereocenters. The summed E-state index contributed by atoms with van der Waals surface area (Å²) in [7, 11) is 0. The minimum absolute atomic E-state index is 0.306. The molecule has 0 spiro atoms. The second-order valence-electron chi connectivity index (χ2n) is 3.79. The maximum atomic E-state index is 5.85. The molecule has 4 heteroatoms. The number of hydrogen-bond acceptors (Lipinski definition) is 3. The average molecular weight is 256 g/mol. The fourth-order valence-corrected chi connectivity index (χ4v) is 1.91. The van der Waals surface area contributed by atoms with E-state index >= 15 is 0 Å². The van der Waals surface area contributed by atoms with Crippen LogP contribution in [0.2, 0.25) is 0 Å². The Morgan fingerprint density at radius 2 is 2.43 bits per heavy atom. The zero-order chi connectivity index (χ0) is 10.1. The second kappa shape index (κ2) is 3.87. The van der Waals surface area contributed by atoms with Gasteiger partial charge in [-0.2, -0.15) is 0 Å². The molecule has 2 rings (SSSR count). The Bertz CT molecular complexity index is 340. The zero-order valence-corrected chi connectivity index (χ0v) is 9.79. The van der Waals surface area contributed by atoms with Gasteiger partial charge in [-0.05, 0) is 40.9 Å². The standard InChI is InChI=1S/C10H14BrN3/c1-7-4-10(13-5-9(7)11)14-3-2-8(12)6-14/h4-5,8H,2-3,6,12H2,1H3/t8-/m0/s1. The molecule has 14 heavy (non-hydrogen) atoms. The predicted molar refractivity (Wildman–Crippen MR) is 61.5 cm³/mol. The van der Waals surface area contributed by atoms with Crippen molar-refractivity contribution in [1.82, 2.24) is 4.98 Å². The van der Waals surface area contributed by atoms with E-state index in [9.17, 15) is 0 Å². The fraction of sp³-hybridized carbons (Fsp3) is 0.500. The van der Waals surface area contributed by atoms with E-state index in [-0.39, 0.29) is 0 Å². The molecule has 2 heterocycles. The summed E-state index contributed by atoms with van der Waals surface area (Å²) in [6.45, 7) is 4.02. The average Bonchev–Trinajstić information content (AvgIpc) is 2.57. The van der Waals surface area contributed by atoms with Gasteiger partial charge in [0.05, 0.1) is 0 Å². The third-order valence-electron chi connectivity index (χ3n) is 2.58. The van der Waals surface area contributed by atoms with Gasteiger partial charge >= 0.3 is 0 Å². The van der Waals surface area contributed by atoms with Crippen molar-refractivity contribution < 1.29 is 0 Å². The third-order valence-corrected chi connectivity index (χ3v) is 3.41. The van der Waals surface area contributed by atoms with E-state index in [1.807, 2.05) is 6.20 Å². The lowest BCUT2D eigenvalue weighted by Crippen LogP contribution is -2.26. The number of pyridine rings is 1. The largest absolute Gasteiger partial charge is 0.355 e. The molecule has 1 saturated heterocycles. The predicted octanol–water partition coefficient (Wildman–Crippen LogP) is 1.69. The number of nitrogens with two attached hydrogens (primary N) is 1. The molecular weight excluding hydrogens is 242 g/mol. The van der Waals surface area contributed by atoms with Crippen molar-refractivity contribution in [2.24, 2.45) is 5.73 Å². The van der Waals surface area contributed by atoms with E-state index in [1.165, 1.54) is 5.56 Å². The molecule has 1 aliphatic rings. The van der Waals surface area contributed by atoms with Crippen LogP contribution in [0.25, 0.3) is 0 Å².